The second-order valence-electron chi connectivity index (χ2n) is 3.94. The Labute approximate surface area is 88.3 Å². The third kappa shape index (κ3) is 2.83. The molecule has 4 nitrogen and oxygen atoms in total. The Morgan fingerprint density at radius 1 is 1.67 bits per heavy atom. The third-order valence-corrected chi connectivity index (χ3v) is 2.68. The summed E-state index contributed by atoms with van der Waals surface area (Å²) < 4.78 is 5.16. The van der Waals surface area contributed by atoms with Crippen LogP contribution in [0.15, 0.2) is 22.8 Å². The molecule has 0 spiro atoms. The zero-order valence-electron chi connectivity index (χ0n) is 8.48. The van der Waals surface area contributed by atoms with Gasteiger partial charge >= 0.3 is 5.97 Å². The number of rotatable bonds is 6. The molecule has 0 aliphatic heterocycles. The van der Waals surface area contributed by atoms with E-state index in [1.807, 2.05) is 12.1 Å². The van der Waals surface area contributed by atoms with E-state index in [1.54, 1.807) is 6.26 Å². The molecule has 1 atom stereocenters. The fraction of sp³-hybridized carbons (Fsp3) is 0.545. The van der Waals surface area contributed by atoms with Gasteiger partial charge in [0.25, 0.3) is 0 Å². The lowest BCUT2D eigenvalue weighted by atomic mass is 10.2. The van der Waals surface area contributed by atoms with Crippen molar-refractivity contribution in [3.63, 3.8) is 0 Å². The Morgan fingerprint density at radius 2 is 2.47 bits per heavy atom. The van der Waals surface area contributed by atoms with Crippen LogP contribution in [-0.2, 0) is 11.2 Å². The first-order chi connectivity index (χ1) is 7.27. The molecule has 1 aromatic rings. The first kappa shape index (κ1) is 10.2. The average molecular weight is 209 g/mol. The maximum atomic E-state index is 10.9. The van der Waals surface area contributed by atoms with Crippen LogP contribution in [0.2, 0.25) is 0 Å². The van der Waals surface area contributed by atoms with Gasteiger partial charge in [0.2, 0.25) is 0 Å². The fourth-order valence-corrected chi connectivity index (χ4v) is 1.69. The van der Waals surface area contributed by atoms with Crippen molar-refractivity contribution in [3.8, 4) is 0 Å². The summed E-state index contributed by atoms with van der Waals surface area (Å²) >= 11 is 0. The number of aliphatic carboxylic acids is 1. The Morgan fingerprint density at radius 3 is 3.00 bits per heavy atom. The van der Waals surface area contributed by atoms with Gasteiger partial charge < -0.3 is 14.8 Å². The van der Waals surface area contributed by atoms with E-state index in [0.717, 1.165) is 25.0 Å². The maximum absolute atomic E-state index is 10.9. The number of furan rings is 1. The van der Waals surface area contributed by atoms with Gasteiger partial charge in [-0.15, -0.1) is 0 Å². The molecule has 82 valence electrons. The number of nitrogens with one attached hydrogen (secondary N) is 1. The van der Waals surface area contributed by atoms with E-state index >= 15 is 0 Å². The molecule has 1 fully saturated rings. The summed E-state index contributed by atoms with van der Waals surface area (Å²) in [6, 6.07) is 3.36. The quantitative estimate of drug-likeness (QED) is 0.740. The van der Waals surface area contributed by atoms with Crippen molar-refractivity contribution in [3.05, 3.63) is 24.2 Å². The van der Waals surface area contributed by atoms with Gasteiger partial charge in [0, 0.05) is 13.0 Å². The molecule has 2 rings (SSSR count). The van der Waals surface area contributed by atoms with Crippen molar-refractivity contribution in [2.24, 2.45) is 5.92 Å². The fourth-order valence-electron chi connectivity index (χ4n) is 1.69. The van der Waals surface area contributed by atoms with Crippen molar-refractivity contribution in [2.45, 2.75) is 25.3 Å². The van der Waals surface area contributed by atoms with Crippen molar-refractivity contribution in [1.29, 1.82) is 0 Å². The van der Waals surface area contributed by atoms with Gasteiger partial charge in [-0.3, -0.25) is 4.79 Å². The zero-order valence-corrected chi connectivity index (χ0v) is 8.48. The summed E-state index contributed by atoms with van der Waals surface area (Å²) in [4.78, 5) is 10.9. The first-order valence-electron chi connectivity index (χ1n) is 5.26. The summed E-state index contributed by atoms with van der Waals surface area (Å²) in [6.07, 6.45) is 4.43. The summed E-state index contributed by atoms with van der Waals surface area (Å²) in [5.74, 6) is 0.485. The van der Waals surface area contributed by atoms with E-state index in [2.05, 4.69) is 5.32 Å². The highest BCUT2D eigenvalue weighted by atomic mass is 16.4. The summed E-state index contributed by atoms with van der Waals surface area (Å²) in [5.41, 5.74) is 0. The van der Waals surface area contributed by atoms with E-state index in [4.69, 9.17) is 9.52 Å². The van der Waals surface area contributed by atoms with Gasteiger partial charge in [0.15, 0.2) is 0 Å². The maximum Gasteiger partial charge on any atom is 0.320 e. The van der Waals surface area contributed by atoms with Crippen LogP contribution in [-0.4, -0.2) is 23.7 Å². The lowest BCUT2D eigenvalue weighted by Gasteiger charge is -2.12. The average Bonchev–Trinajstić information content (AvgIpc) is 2.89. The van der Waals surface area contributed by atoms with E-state index in [9.17, 15) is 4.79 Å². The van der Waals surface area contributed by atoms with Crippen LogP contribution in [0.5, 0.6) is 0 Å². The molecule has 0 amide bonds. The van der Waals surface area contributed by atoms with Crippen LogP contribution in [0.1, 0.15) is 18.6 Å². The molecular weight excluding hydrogens is 194 g/mol. The predicted molar refractivity (Wildman–Crippen MR) is 54.6 cm³/mol. The molecule has 0 bridgehead atoms. The highest BCUT2D eigenvalue weighted by Gasteiger charge is 2.35. The van der Waals surface area contributed by atoms with Crippen molar-refractivity contribution < 1.29 is 14.3 Å². The Balaban J connectivity index is 1.74. The van der Waals surface area contributed by atoms with Gasteiger partial charge in [-0.2, -0.15) is 0 Å². The lowest BCUT2D eigenvalue weighted by molar-refractivity contribution is -0.140. The van der Waals surface area contributed by atoms with Gasteiger partial charge in [-0.1, -0.05) is 0 Å². The van der Waals surface area contributed by atoms with Crippen molar-refractivity contribution in [2.75, 3.05) is 6.54 Å². The number of carboxylic acid groups (broad SMARTS) is 1. The van der Waals surface area contributed by atoms with Crippen LogP contribution in [0.4, 0.5) is 0 Å². The molecule has 0 aromatic carbocycles. The predicted octanol–water partition coefficient (Wildman–Crippen LogP) is 1.27. The molecular formula is C11H15NO3. The smallest absolute Gasteiger partial charge is 0.320 e. The van der Waals surface area contributed by atoms with E-state index < -0.39 is 5.97 Å². The minimum Gasteiger partial charge on any atom is -0.480 e. The molecule has 0 radical (unpaired) electrons. The molecule has 0 saturated heterocycles. The van der Waals surface area contributed by atoms with Gasteiger partial charge in [0.1, 0.15) is 11.8 Å². The molecule has 1 heterocycles. The SMILES string of the molecule is O=C(O)C(NCCc1ccco1)C1CC1. The van der Waals surface area contributed by atoms with E-state index in [0.29, 0.717) is 12.5 Å². The van der Waals surface area contributed by atoms with E-state index in [1.165, 1.54) is 0 Å². The largest absolute Gasteiger partial charge is 0.480 e. The van der Waals surface area contributed by atoms with Gasteiger partial charge in [0.05, 0.1) is 6.26 Å². The van der Waals surface area contributed by atoms with Crippen LogP contribution >= 0.6 is 0 Å². The first-order valence-corrected chi connectivity index (χ1v) is 5.26. The van der Waals surface area contributed by atoms with Crippen molar-refractivity contribution >= 4 is 5.97 Å². The Kier molecular flexibility index (Phi) is 3.06. The summed E-state index contributed by atoms with van der Waals surface area (Å²) in [7, 11) is 0. The van der Waals surface area contributed by atoms with Gasteiger partial charge in [-0.25, -0.2) is 0 Å². The second-order valence-corrected chi connectivity index (χ2v) is 3.94. The minimum absolute atomic E-state index is 0.333. The normalized spacial score (nSPS) is 17.6. The highest BCUT2D eigenvalue weighted by Crippen LogP contribution is 2.32. The number of hydrogen-bond acceptors (Lipinski definition) is 3. The van der Waals surface area contributed by atoms with Crippen LogP contribution in [0, 0.1) is 5.92 Å². The highest BCUT2D eigenvalue weighted by molar-refractivity contribution is 5.74. The second kappa shape index (κ2) is 4.49. The topological polar surface area (TPSA) is 62.5 Å². The number of carboxylic acids is 1. The standard InChI is InChI=1S/C11H15NO3/c13-11(14)10(8-3-4-8)12-6-5-9-2-1-7-15-9/h1-2,7-8,10,12H,3-6H2,(H,13,14). The summed E-state index contributed by atoms with van der Waals surface area (Å²) in [6.45, 7) is 0.654. The molecule has 1 aliphatic carbocycles. The minimum atomic E-state index is -0.739. The molecule has 1 saturated carbocycles. The van der Waals surface area contributed by atoms with Crippen LogP contribution < -0.4 is 5.32 Å². The molecule has 1 aliphatic rings. The van der Waals surface area contributed by atoms with Crippen molar-refractivity contribution in [1.82, 2.24) is 5.32 Å². The Hall–Kier alpha value is -1.29. The Bertz CT molecular complexity index is 317. The van der Waals surface area contributed by atoms with Gasteiger partial charge in [-0.05, 0) is 30.9 Å². The monoisotopic (exact) mass is 209 g/mol. The van der Waals surface area contributed by atoms with Crippen LogP contribution in [0.25, 0.3) is 0 Å². The molecule has 2 N–H and O–H groups in total. The number of carbonyl (C=O) groups is 1. The van der Waals surface area contributed by atoms with Crippen LogP contribution in [0.3, 0.4) is 0 Å². The number of hydrogen-bond donors (Lipinski definition) is 2. The molecule has 1 unspecified atom stereocenters. The zero-order chi connectivity index (χ0) is 10.7. The third-order valence-electron chi connectivity index (χ3n) is 2.68. The van der Waals surface area contributed by atoms with E-state index in [-0.39, 0.29) is 6.04 Å². The summed E-state index contributed by atoms with van der Waals surface area (Å²) in [5, 5.41) is 12.0. The molecule has 1 aromatic heterocycles. The molecule has 4 heteroatoms. The lowest BCUT2D eigenvalue weighted by Crippen LogP contribution is -2.39. The molecule has 15 heavy (non-hydrogen) atoms.